The highest BCUT2D eigenvalue weighted by atomic mass is 35.5. The van der Waals surface area contributed by atoms with Crippen molar-refractivity contribution in [2.24, 2.45) is 0 Å². The van der Waals surface area contributed by atoms with Crippen molar-refractivity contribution in [1.82, 2.24) is 10.3 Å². The number of hydrogen-bond acceptors (Lipinski definition) is 5. The van der Waals surface area contributed by atoms with E-state index in [0.717, 1.165) is 27.9 Å². The Balaban J connectivity index is 1.38. The number of aliphatic hydroxyl groups is 1. The molecule has 0 aliphatic rings. The molecule has 0 bridgehead atoms. The summed E-state index contributed by atoms with van der Waals surface area (Å²) < 4.78 is 0. The van der Waals surface area contributed by atoms with Crippen molar-refractivity contribution >= 4 is 34.0 Å². The molecule has 7 heteroatoms. The Morgan fingerprint density at radius 1 is 0.969 bits per heavy atom. The largest absolute Gasteiger partial charge is 0.394 e. The summed E-state index contributed by atoms with van der Waals surface area (Å²) in [4.78, 5) is 17.1. The summed E-state index contributed by atoms with van der Waals surface area (Å²) >= 11 is 7.37. The highest BCUT2D eigenvalue weighted by Gasteiger charge is 2.19. The van der Waals surface area contributed by atoms with E-state index in [4.69, 9.17) is 11.6 Å². The summed E-state index contributed by atoms with van der Waals surface area (Å²) in [5.41, 5.74) is 4.99. The molecule has 3 N–H and O–H groups in total. The number of carbonyl (C=O) groups is 1. The smallest absolute Gasteiger partial charge is 0.245 e. The first-order valence-corrected chi connectivity index (χ1v) is 11.4. The Kier molecular flexibility index (Phi) is 7.17. The molecule has 5 nitrogen and oxygen atoms in total. The van der Waals surface area contributed by atoms with Crippen molar-refractivity contribution in [2.75, 3.05) is 11.9 Å². The summed E-state index contributed by atoms with van der Waals surface area (Å²) in [6.45, 7) is -0.0173. The SMILES string of the molecule is O=C(NCc1cccc(Cl)c1)[C@H](CO)Nc1nc(-c2ccc(-c3ccccc3)cc2)cs1. The number of benzene rings is 3. The van der Waals surface area contributed by atoms with Crippen molar-refractivity contribution in [3.05, 3.63) is 94.8 Å². The van der Waals surface area contributed by atoms with Gasteiger partial charge in [-0.1, -0.05) is 78.3 Å². The number of thiazole rings is 1. The second-order valence-corrected chi connectivity index (χ2v) is 8.50. The molecular weight excluding hydrogens is 442 g/mol. The average molecular weight is 464 g/mol. The maximum Gasteiger partial charge on any atom is 0.245 e. The standard InChI is InChI=1S/C25H22ClN3O2S/c26-21-8-4-5-17(13-21)14-27-24(31)22(15-30)28-25-29-23(16-32-25)20-11-9-19(10-12-20)18-6-2-1-3-7-18/h1-13,16,22,30H,14-15H2,(H,27,31)(H,28,29)/t22-/m0/s1. The molecule has 0 spiro atoms. The van der Waals surface area contributed by atoms with Gasteiger partial charge in [-0.05, 0) is 28.8 Å². The predicted molar refractivity (Wildman–Crippen MR) is 131 cm³/mol. The zero-order valence-corrected chi connectivity index (χ0v) is 18.7. The monoisotopic (exact) mass is 463 g/mol. The highest BCUT2D eigenvalue weighted by Crippen LogP contribution is 2.28. The van der Waals surface area contributed by atoms with Gasteiger partial charge in [-0.15, -0.1) is 11.3 Å². The average Bonchev–Trinajstić information content (AvgIpc) is 3.30. The zero-order valence-electron chi connectivity index (χ0n) is 17.2. The Hall–Kier alpha value is -3.19. The Bertz CT molecular complexity index is 1180. The van der Waals surface area contributed by atoms with Crippen LogP contribution in [-0.2, 0) is 11.3 Å². The third kappa shape index (κ3) is 5.53. The van der Waals surface area contributed by atoms with Gasteiger partial charge in [0.15, 0.2) is 5.13 Å². The van der Waals surface area contributed by atoms with Crippen molar-refractivity contribution in [2.45, 2.75) is 12.6 Å². The van der Waals surface area contributed by atoms with Crippen LogP contribution in [0.25, 0.3) is 22.4 Å². The van der Waals surface area contributed by atoms with E-state index in [-0.39, 0.29) is 12.5 Å². The van der Waals surface area contributed by atoms with E-state index in [1.54, 1.807) is 12.1 Å². The number of nitrogens with zero attached hydrogens (tertiary/aromatic N) is 1. The molecular formula is C25H22ClN3O2S. The van der Waals surface area contributed by atoms with Gasteiger partial charge in [-0.2, -0.15) is 0 Å². The second kappa shape index (κ2) is 10.4. The van der Waals surface area contributed by atoms with E-state index < -0.39 is 6.04 Å². The number of nitrogens with one attached hydrogen (secondary N) is 2. The number of aromatic nitrogens is 1. The summed E-state index contributed by atoms with van der Waals surface area (Å²) in [7, 11) is 0. The Labute approximate surface area is 195 Å². The van der Waals surface area contributed by atoms with Crippen LogP contribution in [0.15, 0.2) is 84.2 Å². The van der Waals surface area contributed by atoms with Crippen LogP contribution in [0.4, 0.5) is 5.13 Å². The fraction of sp³-hybridized carbons (Fsp3) is 0.120. The van der Waals surface area contributed by atoms with E-state index in [2.05, 4.69) is 39.9 Å². The molecule has 0 aliphatic heterocycles. The van der Waals surface area contributed by atoms with Gasteiger partial charge in [0.1, 0.15) is 6.04 Å². The van der Waals surface area contributed by atoms with Crippen LogP contribution < -0.4 is 10.6 Å². The third-order valence-corrected chi connectivity index (χ3v) is 5.95. The summed E-state index contributed by atoms with van der Waals surface area (Å²) in [6.07, 6.45) is 0. The number of halogens is 1. The van der Waals surface area contributed by atoms with E-state index in [1.165, 1.54) is 11.3 Å². The van der Waals surface area contributed by atoms with Crippen LogP contribution in [0, 0.1) is 0 Å². The minimum absolute atomic E-state index is 0.309. The molecule has 1 amide bonds. The Morgan fingerprint density at radius 2 is 1.69 bits per heavy atom. The number of amides is 1. The van der Waals surface area contributed by atoms with Crippen molar-refractivity contribution in [3.8, 4) is 22.4 Å². The fourth-order valence-corrected chi connectivity index (χ4v) is 4.23. The van der Waals surface area contributed by atoms with E-state index in [9.17, 15) is 9.90 Å². The topological polar surface area (TPSA) is 74.2 Å². The fourth-order valence-electron chi connectivity index (χ4n) is 3.24. The lowest BCUT2D eigenvalue weighted by Crippen LogP contribution is -2.41. The molecule has 1 aromatic heterocycles. The molecule has 162 valence electrons. The molecule has 4 rings (SSSR count). The molecule has 0 aliphatic carbocycles. The number of rotatable bonds is 8. The highest BCUT2D eigenvalue weighted by molar-refractivity contribution is 7.14. The van der Waals surface area contributed by atoms with Crippen LogP contribution in [0.5, 0.6) is 0 Å². The maximum absolute atomic E-state index is 12.5. The summed E-state index contributed by atoms with van der Waals surface area (Å²) in [5.74, 6) is -0.309. The lowest BCUT2D eigenvalue weighted by molar-refractivity contribution is -0.122. The normalized spacial score (nSPS) is 11.7. The van der Waals surface area contributed by atoms with Gasteiger partial charge in [-0.25, -0.2) is 4.98 Å². The summed E-state index contributed by atoms with van der Waals surface area (Å²) in [5, 5.41) is 18.6. The van der Waals surface area contributed by atoms with Crippen molar-refractivity contribution in [1.29, 1.82) is 0 Å². The van der Waals surface area contributed by atoms with E-state index in [1.807, 2.05) is 47.8 Å². The number of hydrogen-bond donors (Lipinski definition) is 3. The minimum atomic E-state index is -0.798. The number of anilines is 1. The molecule has 4 aromatic rings. The molecule has 32 heavy (non-hydrogen) atoms. The summed E-state index contributed by atoms with van der Waals surface area (Å²) in [6, 6.07) is 24.9. The Morgan fingerprint density at radius 3 is 2.41 bits per heavy atom. The van der Waals surface area contributed by atoms with Gasteiger partial charge in [0.25, 0.3) is 0 Å². The van der Waals surface area contributed by atoms with Crippen molar-refractivity contribution in [3.63, 3.8) is 0 Å². The van der Waals surface area contributed by atoms with Gasteiger partial charge in [0, 0.05) is 22.5 Å². The van der Waals surface area contributed by atoms with Crippen LogP contribution >= 0.6 is 22.9 Å². The number of aliphatic hydroxyl groups excluding tert-OH is 1. The van der Waals surface area contributed by atoms with Gasteiger partial charge in [0.2, 0.25) is 5.91 Å². The molecule has 1 atom stereocenters. The minimum Gasteiger partial charge on any atom is -0.394 e. The van der Waals surface area contributed by atoms with Gasteiger partial charge >= 0.3 is 0 Å². The first kappa shape index (κ1) is 22.0. The molecule has 0 saturated heterocycles. The number of carbonyl (C=O) groups excluding carboxylic acids is 1. The first-order chi connectivity index (χ1) is 15.6. The lowest BCUT2D eigenvalue weighted by atomic mass is 10.0. The predicted octanol–water partition coefficient (Wildman–Crippen LogP) is 5.22. The van der Waals surface area contributed by atoms with Crippen LogP contribution in [-0.4, -0.2) is 28.6 Å². The molecule has 3 aromatic carbocycles. The molecule has 1 heterocycles. The maximum atomic E-state index is 12.5. The van der Waals surface area contributed by atoms with E-state index in [0.29, 0.717) is 16.7 Å². The first-order valence-electron chi connectivity index (χ1n) is 10.1. The van der Waals surface area contributed by atoms with Crippen LogP contribution in [0.1, 0.15) is 5.56 Å². The van der Waals surface area contributed by atoms with Gasteiger partial charge in [-0.3, -0.25) is 4.79 Å². The molecule has 0 unspecified atom stereocenters. The second-order valence-electron chi connectivity index (χ2n) is 7.21. The zero-order chi connectivity index (χ0) is 22.3. The van der Waals surface area contributed by atoms with Crippen LogP contribution in [0.2, 0.25) is 5.02 Å². The van der Waals surface area contributed by atoms with Crippen molar-refractivity contribution < 1.29 is 9.90 Å². The lowest BCUT2D eigenvalue weighted by Gasteiger charge is -2.15. The molecule has 0 radical (unpaired) electrons. The van der Waals surface area contributed by atoms with Gasteiger partial charge < -0.3 is 15.7 Å². The molecule has 0 saturated carbocycles. The van der Waals surface area contributed by atoms with Crippen LogP contribution in [0.3, 0.4) is 0 Å². The quantitative estimate of drug-likeness (QED) is 0.335. The molecule has 0 fully saturated rings. The third-order valence-electron chi connectivity index (χ3n) is 4.94. The van der Waals surface area contributed by atoms with E-state index >= 15 is 0 Å². The van der Waals surface area contributed by atoms with Gasteiger partial charge in [0.05, 0.1) is 12.3 Å².